The molecule has 23 heavy (non-hydrogen) atoms. The van der Waals surface area contributed by atoms with Gasteiger partial charge in [-0.05, 0) is 37.1 Å². The predicted octanol–water partition coefficient (Wildman–Crippen LogP) is 3.15. The van der Waals surface area contributed by atoms with Crippen LogP contribution in [0.4, 0.5) is 5.69 Å². The molecule has 0 spiro atoms. The fourth-order valence-corrected chi connectivity index (χ4v) is 3.49. The Hall–Kier alpha value is -2.67. The van der Waals surface area contributed by atoms with E-state index in [0.717, 1.165) is 11.1 Å². The predicted molar refractivity (Wildman–Crippen MR) is 86.5 cm³/mol. The zero-order valence-electron chi connectivity index (χ0n) is 12.6. The van der Waals surface area contributed by atoms with Crippen molar-refractivity contribution in [2.24, 2.45) is 0 Å². The van der Waals surface area contributed by atoms with Gasteiger partial charge in [0.2, 0.25) is 0 Å². The largest absolute Gasteiger partial charge is 0.444 e. The van der Waals surface area contributed by atoms with E-state index < -0.39 is 10.0 Å². The molecule has 1 aromatic carbocycles. The molecule has 0 bridgehead atoms. The molecule has 3 aromatic rings. The molecule has 0 atom stereocenters. The Morgan fingerprint density at radius 3 is 2.57 bits per heavy atom. The molecule has 7 heteroatoms. The van der Waals surface area contributed by atoms with E-state index in [1.807, 2.05) is 19.1 Å². The van der Waals surface area contributed by atoms with Crippen LogP contribution in [-0.4, -0.2) is 18.4 Å². The minimum atomic E-state index is -3.71. The summed E-state index contributed by atoms with van der Waals surface area (Å²) in [6.45, 7) is 3.56. The highest BCUT2D eigenvalue weighted by atomic mass is 32.2. The zero-order chi connectivity index (χ0) is 16.4. The topological polar surface area (TPSA) is 85.1 Å². The summed E-state index contributed by atoms with van der Waals surface area (Å²) in [5, 5.41) is 0. The summed E-state index contributed by atoms with van der Waals surface area (Å²) in [5.74, 6) is 0.572. The molecule has 0 aliphatic rings. The maximum Gasteiger partial charge on any atom is 0.263 e. The first-order valence-electron chi connectivity index (χ1n) is 6.90. The number of anilines is 1. The molecule has 0 aliphatic heterocycles. The number of oxazole rings is 1. The van der Waals surface area contributed by atoms with Crippen LogP contribution in [0.3, 0.4) is 0 Å². The van der Waals surface area contributed by atoms with E-state index in [-0.39, 0.29) is 4.90 Å². The average Bonchev–Trinajstić information content (AvgIpc) is 3.04. The first-order chi connectivity index (χ1) is 11.0. The van der Waals surface area contributed by atoms with Crippen molar-refractivity contribution in [3.63, 3.8) is 0 Å². The summed E-state index contributed by atoms with van der Waals surface area (Å²) in [4.78, 5) is 7.92. The lowest BCUT2D eigenvalue weighted by atomic mass is 10.1. The molecule has 0 saturated carbocycles. The van der Waals surface area contributed by atoms with Crippen molar-refractivity contribution < 1.29 is 12.8 Å². The molecule has 3 rings (SSSR count). The summed E-state index contributed by atoms with van der Waals surface area (Å²) in [6.07, 6.45) is 5.81. The number of aryl methyl sites for hydroxylation is 2. The first kappa shape index (κ1) is 15.2. The first-order valence-corrected chi connectivity index (χ1v) is 8.38. The van der Waals surface area contributed by atoms with E-state index in [1.165, 1.54) is 12.6 Å². The molecule has 0 aliphatic carbocycles. The standard InChI is InChI=1S/C16H15N3O3S/c1-11-3-4-13(15-8-18-10-22-15)7-14(11)19-23(20,21)16-9-17-6-5-12(16)2/h3-10,19H,1-2H3. The lowest BCUT2D eigenvalue weighted by molar-refractivity contribution is 0.572. The van der Waals surface area contributed by atoms with Gasteiger partial charge in [-0.2, -0.15) is 0 Å². The Labute approximate surface area is 134 Å². The fraction of sp³-hybridized carbons (Fsp3) is 0.125. The van der Waals surface area contributed by atoms with Crippen LogP contribution in [0, 0.1) is 13.8 Å². The minimum absolute atomic E-state index is 0.157. The van der Waals surface area contributed by atoms with E-state index in [9.17, 15) is 8.42 Å². The number of benzene rings is 1. The molecule has 1 N–H and O–H groups in total. The van der Waals surface area contributed by atoms with Gasteiger partial charge in [0.1, 0.15) is 4.90 Å². The SMILES string of the molecule is Cc1ccc(-c2cnco2)cc1NS(=O)(=O)c1cnccc1C. The average molecular weight is 329 g/mol. The van der Waals surface area contributed by atoms with Gasteiger partial charge in [-0.1, -0.05) is 12.1 Å². The van der Waals surface area contributed by atoms with E-state index >= 15 is 0 Å². The quantitative estimate of drug-likeness (QED) is 0.794. The lowest BCUT2D eigenvalue weighted by Crippen LogP contribution is -2.15. The van der Waals surface area contributed by atoms with Crippen LogP contribution in [-0.2, 0) is 10.0 Å². The van der Waals surface area contributed by atoms with Crippen LogP contribution in [0.2, 0.25) is 0 Å². The van der Waals surface area contributed by atoms with Gasteiger partial charge in [0, 0.05) is 18.0 Å². The summed E-state index contributed by atoms with van der Waals surface area (Å²) in [6, 6.07) is 7.06. The van der Waals surface area contributed by atoms with Crippen LogP contribution in [0.5, 0.6) is 0 Å². The lowest BCUT2D eigenvalue weighted by Gasteiger charge is -2.12. The number of sulfonamides is 1. The van der Waals surface area contributed by atoms with Crippen molar-refractivity contribution in [3.05, 3.63) is 60.4 Å². The smallest absolute Gasteiger partial charge is 0.263 e. The van der Waals surface area contributed by atoms with Crippen molar-refractivity contribution in [2.75, 3.05) is 4.72 Å². The number of aromatic nitrogens is 2. The van der Waals surface area contributed by atoms with E-state index in [2.05, 4.69) is 14.7 Å². The number of pyridine rings is 1. The molecular formula is C16H15N3O3S. The third kappa shape index (κ3) is 3.09. The van der Waals surface area contributed by atoms with Crippen LogP contribution in [0.25, 0.3) is 11.3 Å². The maximum atomic E-state index is 12.6. The number of hydrogen-bond acceptors (Lipinski definition) is 5. The summed E-state index contributed by atoms with van der Waals surface area (Å²) >= 11 is 0. The van der Waals surface area contributed by atoms with Gasteiger partial charge < -0.3 is 4.42 Å². The molecule has 0 saturated heterocycles. The summed E-state index contributed by atoms with van der Waals surface area (Å²) < 4.78 is 33.0. The Bertz CT molecular complexity index is 935. The van der Waals surface area contributed by atoms with Crippen LogP contribution in [0.15, 0.2) is 58.6 Å². The Morgan fingerprint density at radius 2 is 1.87 bits per heavy atom. The second kappa shape index (κ2) is 5.85. The van der Waals surface area contributed by atoms with Crippen molar-refractivity contribution in [1.82, 2.24) is 9.97 Å². The molecule has 0 amide bonds. The van der Waals surface area contributed by atoms with Crippen molar-refractivity contribution >= 4 is 15.7 Å². The van der Waals surface area contributed by atoms with Gasteiger partial charge in [0.05, 0.1) is 11.9 Å². The maximum absolute atomic E-state index is 12.6. The zero-order valence-corrected chi connectivity index (χ0v) is 13.5. The Balaban J connectivity index is 2.00. The molecule has 118 valence electrons. The highest BCUT2D eigenvalue weighted by molar-refractivity contribution is 7.92. The van der Waals surface area contributed by atoms with E-state index in [0.29, 0.717) is 17.0 Å². The van der Waals surface area contributed by atoms with Gasteiger partial charge in [-0.15, -0.1) is 0 Å². The van der Waals surface area contributed by atoms with Crippen molar-refractivity contribution in [3.8, 4) is 11.3 Å². The van der Waals surface area contributed by atoms with Gasteiger partial charge in [0.25, 0.3) is 10.0 Å². The summed E-state index contributed by atoms with van der Waals surface area (Å²) in [7, 11) is -3.71. The summed E-state index contributed by atoms with van der Waals surface area (Å²) in [5.41, 5.74) is 2.67. The molecule has 2 heterocycles. The van der Waals surface area contributed by atoms with Gasteiger partial charge in [-0.25, -0.2) is 13.4 Å². The van der Waals surface area contributed by atoms with Crippen LogP contribution >= 0.6 is 0 Å². The molecular weight excluding hydrogens is 314 g/mol. The Morgan fingerprint density at radius 1 is 1.04 bits per heavy atom. The molecule has 0 radical (unpaired) electrons. The normalized spacial score (nSPS) is 11.4. The number of rotatable bonds is 4. The second-order valence-corrected chi connectivity index (χ2v) is 6.79. The molecule has 0 fully saturated rings. The van der Waals surface area contributed by atoms with Crippen LogP contribution < -0.4 is 4.72 Å². The molecule has 2 aromatic heterocycles. The molecule has 6 nitrogen and oxygen atoms in total. The highest BCUT2D eigenvalue weighted by Crippen LogP contribution is 2.27. The number of nitrogens with zero attached hydrogens (tertiary/aromatic N) is 2. The minimum Gasteiger partial charge on any atom is -0.444 e. The second-order valence-electron chi connectivity index (χ2n) is 5.14. The number of hydrogen-bond donors (Lipinski definition) is 1. The number of nitrogens with one attached hydrogen (secondary N) is 1. The third-order valence-electron chi connectivity index (χ3n) is 3.48. The van der Waals surface area contributed by atoms with Crippen molar-refractivity contribution in [1.29, 1.82) is 0 Å². The third-order valence-corrected chi connectivity index (χ3v) is 4.97. The monoisotopic (exact) mass is 329 g/mol. The van der Waals surface area contributed by atoms with E-state index in [4.69, 9.17) is 4.42 Å². The van der Waals surface area contributed by atoms with Gasteiger partial charge in [0.15, 0.2) is 12.2 Å². The van der Waals surface area contributed by atoms with E-state index in [1.54, 1.807) is 31.5 Å². The van der Waals surface area contributed by atoms with Crippen molar-refractivity contribution in [2.45, 2.75) is 18.7 Å². The molecule has 0 unspecified atom stereocenters. The van der Waals surface area contributed by atoms with Gasteiger partial charge >= 0.3 is 0 Å². The Kier molecular flexibility index (Phi) is 3.87. The van der Waals surface area contributed by atoms with Crippen LogP contribution in [0.1, 0.15) is 11.1 Å². The highest BCUT2D eigenvalue weighted by Gasteiger charge is 2.18. The fourth-order valence-electron chi connectivity index (χ4n) is 2.17. The van der Waals surface area contributed by atoms with Gasteiger partial charge in [-0.3, -0.25) is 9.71 Å².